The van der Waals surface area contributed by atoms with E-state index in [2.05, 4.69) is 21.0 Å². The number of hydrogen-bond acceptors (Lipinski definition) is 4. The SMILES string of the molecule is CCOC(=O)c1c(Br)c(CO)nn1C. The predicted molar refractivity (Wildman–Crippen MR) is 52.8 cm³/mol. The highest BCUT2D eigenvalue weighted by Crippen LogP contribution is 2.21. The second-order valence-corrected chi connectivity index (χ2v) is 3.40. The summed E-state index contributed by atoms with van der Waals surface area (Å²) >= 11 is 3.19. The number of hydrogen-bond donors (Lipinski definition) is 1. The van der Waals surface area contributed by atoms with Crippen molar-refractivity contribution in [3.63, 3.8) is 0 Å². The third-order valence-electron chi connectivity index (χ3n) is 1.67. The van der Waals surface area contributed by atoms with E-state index in [0.29, 0.717) is 22.5 Å². The van der Waals surface area contributed by atoms with Gasteiger partial charge >= 0.3 is 5.97 Å². The van der Waals surface area contributed by atoms with Crippen molar-refractivity contribution in [2.75, 3.05) is 6.61 Å². The van der Waals surface area contributed by atoms with Crippen molar-refractivity contribution in [1.29, 1.82) is 0 Å². The molecule has 0 aromatic carbocycles. The molecule has 1 aromatic heterocycles. The molecule has 0 radical (unpaired) electrons. The van der Waals surface area contributed by atoms with E-state index in [1.165, 1.54) is 4.68 Å². The number of aryl methyl sites for hydroxylation is 1. The van der Waals surface area contributed by atoms with Gasteiger partial charge < -0.3 is 9.84 Å². The number of aliphatic hydroxyl groups excluding tert-OH is 1. The van der Waals surface area contributed by atoms with Gasteiger partial charge in [-0.1, -0.05) is 0 Å². The van der Waals surface area contributed by atoms with Crippen LogP contribution in [0.3, 0.4) is 0 Å². The summed E-state index contributed by atoms with van der Waals surface area (Å²) in [7, 11) is 1.62. The Labute approximate surface area is 89.8 Å². The van der Waals surface area contributed by atoms with Crippen LogP contribution in [0.25, 0.3) is 0 Å². The third kappa shape index (κ3) is 1.96. The molecule has 0 bridgehead atoms. The average Bonchev–Trinajstić information content (AvgIpc) is 2.41. The Morgan fingerprint density at radius 1 is 1.71 bits per heavy atom. The van der Waals surface area contributed by atoms with Crippen LogP contribution >= 0.6 is 15.9 Å². The van der Waals surface area contributed by atoms with Crippen molar-refractivity contribution in [1.82, 2.24) is 9.78 Å². The molecule has 5 nitrogen and oxygen atoms in total. The highest BCUT2D eigenvalue weighted by atomic mass is 79.9. The molecule has 78 valence electrons. The van der Waals surface area contributed by atoms with Crippen LogP contribution in [0.4, 0.5) is 0 Å². The van der Waals surface area contributed by atoms with E-state index in [1.54, 1.807) is 14.0 Å². The average molecular weight is 263 g/mol. The molecule has 0 aliphatic carbocycles. The number of ether oxygens (including phenoxy) is 1. The molecule has 14 heavy (non-hydrogen) atoms. The molecule has 1 N–H and O–H groups in total. The zero-order valence-electron chi connectivity index (χ0n) is 7.95. The van der Waals surface area contributed by atoms with E-state index in [9.17, 15) is 4.79 Å². The fraction of sp³-hybridized carbons (Fsp3) is 0.500. The van der Waals surface area contributed by atoms with Gasteiger partial charge in [-0.05, 0) is 22.9 Å². The van der Waals surface area contributed by atoms with Gasteiger partial charge in [0, 0.05) is 7.05 Å². The molecule has 0 amide bonds. The number of carbonyl (C=O) groups is 1. The number of aliphatic hydroxyl groups is 1. The Kier molecular flexibility index (Phi) is 3.65. The summed E-state index contributed by atoms with van der Waals surface area (Å²) in [5, 5.41) is 12.9. The normalized spacial score (nSPS) is 10.3. The van der Waals surface area contributed by atoms with Crippen molar-refractivity contribution in [2.45, 2.75) is 13.5 Å². The van der Waals surface area contributed by atoms with E-state index in [1.807, 2.05) is 0 Å². The standard InChI is InChI=1S/C8H11BrN2O3/c1-3-14-8(13)7-6(9)5(4-12)10-11(7)2/h12H,3-4H2,1-2H3. The Hall–Kier alpha value is -0.880. The molecule has 1 aromatic rings. The molecule has 0 aliphatic heterocycles. The van der Waals surface area contributed by atoms with E-state index >= 15 is 0 Å². The minimum Gasteiger partial charge on any atom is -0.461 e. The minimum atomic E-state index is -0.450. The fourth-order valence-corrected chi connectivity index (χ4v) is 1.70. The minimum absolute atomic E-state index is 0.214. The number of aromatic nitrogens is 2. The van der Waals surface area contributed by atoms with Crippen LogP contribution in [0.15, 0.2) is 4.47 Å². The number of rotatable bonds is 3. The summed E-state index contributed by atoms with van der Waals surface area (Å²) in [4.78, 5) is 11.4. The number of halogens is 1. The van der Waals surface area contributed by atoms with Crippen molar-refractivity contribution in [3.8, 4) is 0 Å². The van der Waals surface area contributed by atoms with E-state index in [0.717, 1.165) is 0 Å². The second-order valence-electron chi connectivity index (χ2n) is 2.61. The lowest BCUT2D eigenvalue weighted by Crippen LogP contribution is -2.10. The van der Waals surface area contributed by atoms with Crippen LogP contribution in [-0.2, 0) is 18.4 Å². The number of nitrogens with zero attached hydrogens (tertiary/aromatic N) is 2. The molecular formula is C8H11BrN2O3. The van der Waals surface area contributed by atoms with E-state index in [4.69, 9.17) is 9.84 Å². The molecule has 1 rings (SSSR count). The molecular weight excluding hydrogens is 252 g/mol. The largest absolute Gasteiger partial charge is 0.461 e. The fourth-order valence-electron chi connectivity index (χ4n) is 1.08. The maximum absolute atomic E-state index is 11.4. The maximum atomic E-state index is 11.4. The monoisotopic (exact) mass is 262 g/mol. The summed E-state index contributed by atoms with van der Waals surface area (Å²) < 4.78 is 6.71. The summed E-state index contributed by atoms with van der Waals surface area (Å²) in [6.07, 6.45) is 0. The van der Waals surface area contributed by atoms with Gasteiger partial charge in [-0.15, -0.1) is 0 Å². The summed E-state index contributed by atoms with van der Waals surface area (Å²) in [6, 6.07) is 0. The zero-order chi connectivity index (χ0) is 10.7. The number of esters is 1. The first-order valence-electron chi connectivity index (χ1n) is 4.11. The molecule has 0 unspecified atom stereocenters. The molecule has 0 aliphatic rings. The number of carbonyl (C=O) groups excluding carboxylic acids is 1. The van der Waals surface area contributed by atoms with Gasteiger partial charge in [-0.25, -0.2) is 4.79 Å². The first-order valence-corrected chi connectivity index (χ1v) is 4.90. The van der Waals surface area contributed by atoms with Gasteiger partial charge in [0.1, 0.15) is 5.69 Å². The van der Waals surface area contributed by atoms with Gasteiger partial charge in [-0.2, -0.15) is 5.10 Å². The van der Waals surface area contributed by atoms with Crippen LogP contribution in [0, 0.1) is 0 Å². The van der Waals surface area contributed by atoms with Crippen molar-refractivity contribution >= 4 is 21.9 Å². The van der Waals surface area contributed by atoms with E-state index in [-0.39, 0.29) is 6.61 Å². The zero-order valence-corrected chi connectivity index (χ0v) is 9.54. The van der Waals surface area contributed by atoms with Crippen molar-refractivity contribution in [3.05, 3.63) is 15.9 Å². The Balaban J connectivity index is 3.07. The van der Waals surface area contributed by atoms with E-state index < -0.39 is 5.97 Å². The van der Waals surface area contributed by atoms with Gasteiger partial charge in [0.2, 0.25) is 0 Å². The lowest BCUT2D eigenvalue weighted by molar-refractivity contribution is 0.0512. The first-order chi connectivity index (χ1) is 6.61. The van der Waals surface area contributed by atoms with Crippen LogP contribution in [0.1, 0.15) is 23.1 Å². The Bertz CT molecular complexity index is 349. The third-order valence-corrected chi connectivity index (χ3v) is 2.51. The molecule has 6 heteroatoms. The Morgan fingerprint density at radius 2 is 2.36 bits per heavy atom. The maximum Gasteiger partial charge on any atom is 0.357 e. The predicted octanol–water partition coefficient (Wildman–Crippen LogP) is 0.852. The molecule has 0 saturated carbocycles. The lowest BCUT2D eigenvalue weighted by Gasteiger charge is -2.01. The van der Waals surface area contributed by atoms with Crippen LogP contribution in [0.5, 0.6) is 0 Å². The summed E-state index contributed by atoms with van der Waals surface area (Å²) in [5.41, 5.74) is 0.742. The summed E-state index contributed by atoms with van der Waals surface area (Å²) in [5.74, 6) is -0.450. The first kappa shape index (κ1) is 11.2. The van der Waals surface area contributed by atoms with Crippen LogP contribution < -0.4 is 0 Å². The molecule has 0 fully saturated rings. The highest BCUT2D eigenvalue weighted by Gasteiger charge is 2.20. The van der Waals surface area contributed by atoms with Gasteiger partial charge in [0.25, 0.3) is 0 Å². The quantitative estimate of drug-likeness (QED) is 0.821. The van der Waals surface area contributed by atoms with Crippen molar-refractivity contribution < 1.29 is 14.6 Å². The smallest absolute Gasteiger partial charge is 0.357 e. The lowest BCUT2D eigenvalue weighted by atomic mass is 10.3. The van der Waals surface area contributed by atoms with Gasteiger partial charge in [0.15, 0.2) is 5.69 Å². The van der Waals surface area contributed by atoms with Gasteiger partial charge in [0.05, 0.1) is 17.7 Å². The molecule has 0 atom stereocenters. The summed E-state index contributed by atoms with van der Waals surface area (Å²) in [6.45, 7) is 1.83. The molecule has 1 heterocycles. The van der Waals surface area contributed by atoms with Crippen molar-refractivity contribution in [2.24, 2.45) is 7.05 Å². The van der Waals surface area contributed by atoms with Crippen LogP contribution in [0.2, 0.25) is 0 Å². The Morgan fingerprint density at radius 3 is 2.79 bits per heavy atom. The molecule has 0 saturated heterocycles. The van der Waals surface area contributed by atoms with Gasteiger partial charge in [-0.3, -0.25) is 4.68 Å². The second kappa shape index (κ2) is 4.56. The highest BCUT2D eigenvalue weighted by molar-refractivity contribution is 9.10. The topological polar surface area (TPSA) is 64.3 Å². The van der Waals surface area contributed by atoms with Crippen LogP contribution in [-0.4, -0.2) is 27.5 Å². The molecule has 0 spiro atoms.